The van der Waals surface area contributed by atoms with Crippen molar-refractivity contribution in [2.24, 2.45) is 5.84 Å². The maximum absolute atomic E-state index is 13.8. The highest BCUT2D eigenvalue weighted by molar-refractivity contribution is 7.17. The first-order valence-corrected chi connectivity index (χ1v) is 7.80. The molecular formula is C17H17FN2S. The molecule has 1 heterocycles. The summed E-state index contributed by atoms with van der Waals surface area (Å²) in [7, 11) is 0. The molecule has 0 aliphatic heterocycles. The summed E-state index contributed by atoms with van der Waals surface area (Å²) >= 11 is 1.73. The van der Waals surface area contributed by atoms with Crippen LogP contribution in [0.1, 0.15) is 11.1 Å². The van der Waals surface area contributed by atoms with Gasteiger partial charge in [0.2, 0.25) is 0 Å². The van der Waals surface area contributed by atoms with Crippen molar-refractivity contribution in [3.8, 4) is 0 Å². The van der Waals surface area contributed by atoms with E-state index in [1.54, 1.807) is 17.4 Å². The molecule has 0 saturated heterocycles. The first-order valence-electron chi connectivity index (χ1n) is 6.92. The second-order valence-corrected chi connectivity index (χ2v) is 6.03. The van der Waals surface area contributed by atoms with Gasteiger partial charge in [-0.05, 0) is 46.9 Å². The Morgan fingerprint density at radius 1 is 1.00 bits per heavy atom. The Morgan fingerprint density at radius 2 is 1.71 bits per heavy atom. The van der Waals surface area contributed by atoms with Crippen LogP contribution in [0.5, 0.6) is 0 Å². The number of hydrogen-bond donors (Lipinski definition) is 2. The molecule has 0 aliphatic rings. The minimum atomic E-state index is -0.173. The van der Waals surface area contributed by atoms with Crippen molar-refractivity contribution < 1.29 is 4.39 Å². The SMILES string of the molecule is NNC(Cc1ccccc1F)Cc1csc2ccccc12. The van der Waals surface area contributed by atoms with Gasteiger partial charge in [0.1, 0.15) is 5.82 Å². The smallest absolute Gasteiger partial charge is 0.126 e. The molecule has 0 radical (unpaired) electrons. The van der Waals surface area contributed by atoms with E-state index in [1.807, 2.05) is 24.3 Å². The maximum Gasteiger partial charge on any atom is 0.126 e. The van der Waals surface area contributed by atoms with Gasteiger partial charge in [0, 0.05) is 10.7 Å². The van der Waals surface area contributed by atoms with Crippen molar-refractivity contribution in [3.05, 3.63) is 70.9 Å². The maximum atomic E-state index is 13.8. The third-order valence-corrected chi connectivity index (χ3v) is 4.70. The Balaban J connectivity index is 1.80. The second-order valence-electron chi connectivity index (χ2n) is 5.12. The highest BCUT2D eigenvalue weighted by atomic mass is 32.1. The van der Waals surface area contributed by atoms with Crippen molar-refractivity contribution in [2.45, 2.75) is 18.9 Å². The zero-order valence-corrected chi connectivity index (χ0v) is 12.4. The van der Waals surface area contributed by atoms with Crippen molar-refractivity contribution in [1.29, 1.82) is 0 Å². The van der Waals surface area contributed by atoms with Gasteiger partial charge in [-0.2, -0.15) is 0 Å². The van der Waals surface area contributed by atoms with Crippen LogP contribution in [0.15, 0.2) is 53.9 Å². The molecule has 2 nitrogen and oxygen atoms in total. The van der Waals surface area contributed by atoms with E-state index < -0.39 is 0 Å². The van der Waals surface area contributed by atoms with Gasteiger partial charge < -0.3 is 0 Å². The van der Waals surface area contributed by atoms with Gasteiger partial charge in [0.15, 0.2) is 0 Å². The van der Waals surface area contributed by atoms with Crippen molar-refractivity contribution in [3.63, 3.8) is 0 Å². The van der Waals surface area contributed by atoms with E-state index >= 15 is 0 Å². The Bertz CT molecular complexity index is 738. The predicted octanol–water partition coefficient (Wildman–Crippen LogP) is 3.66. The zero-order chi connectivity index (χ0) is 14.7. The molecule has 3 aromatic rings. The molecule has 108 valence electrons. The Kier molecular flexibility index (Phi) is 4.29. The highest BCUT2D eigenvalue weighted by Gasteiger charge is 2.14. The molecule has 2 aromatic carbocycles. The quantitative estimate of drug-likeness (QED) is 0.557. The standard InChI is InChI=1S/C17H17FN2S/c18-16-7-3-1-5-12(16)9-14(20-19)10-13-11-21-17-8-4-2-6-15(13)17/h1-8,11,14,20H,9-10,19H2. The van der Waals surface area contributed by atoms with E-state index in [2.05, 4.69) is 22.9 Å². The normalized spacial score (nSPS) is 12.7. The van der Waals surface area contributed by atoms with Gasteiger partial charge in [-0.1, -0.05) is 36.4 Å². The van der Waals surface area contributed by atoms with E-state index in [4.69, 9.17) is 5.84 Å². The molecular weight excluding hydrogens is 283 g/mol. The molecule has 1 atom stereocenters. The van der Waals surface area contributed by atoms with Gasteiger partial charge in [0.05, 0.1) is 0 Å². The number of halogens is 1. The van der Waals surface area contributed by atoms with Crippen molar-refractivity contribution in [1.82, 2.24) is 5.43 Å². The second kappa shape index (κ2) is 6.35. The highest BCUT2D eigenvalue weighted by Crippen LogP contribution is 2.27. The summed E-state index contributed by atoms with van der Waals surface area (Å²) in [6.45, 7) is 0. The Labute approximate surface area is 127 Å². The fraction of sp³-hybridized carbons (Fsp3) is 0.176. The van der Waals surface area contributed by atoms with Crippen LogP contribution < -0.4 is 11.3 Å². The minimum absolute atomic E-state index is 0.0138. The van der Waals surface area contributed by atoms with Crippen molar-refractivity contribution >= 4 is 21.4 Å². The van der Waals surface area contributed by atoms with Crippen LogP contribution in [-0.4, -0.2) is 6.04 Å². The number of rotatable bonds is 5. The molecule has 0 fully saturated rings. The summed E-state index contributed by atoms with van der Waals surface area (Å²) in [4.78, 5) is 0. The third kappa shape index (κ3) is 3.13. The lowest BCUT2D eigenvalue weighted by Gasteiger charge is -2.16. The average Bonchev–Trinajstić information content (AvgIpc) is 2.92. The molecule has 3 rings (SSSR count). The van der Waals surface area contributed by atoms with Crippen LogP contribution in [0, 0.1) is 5.82 Å². The van der Waals surface area contributed by atoms with Gasteiger partial charge in [-0.3, -0.25) is 11.3 Å². The molecule has 0 aliphatic carbocycles. The molecule has 0 spiro atoms. The monoisotopic (exact) mass is 300 g/mol. The number of nitrogens with two attached hydrogens (primary N) is 1. The van der Waals surface area contributed by atoms with Crippen LogP contribution in [0.4, 0.5) is 4.39 Å². The van der Waals surface area contributed by atoms with Crippen molar-refractivity contribution in [2.75, 3.05) is 0 Å². The van der Waals surface area contributed by atoms with Crippen LogP contribution >= 0.6 is 11.3 Å². The first kappa shape index (κ1) is 14.2. The summed E-state index contributed by atoms with van der Waals surface area (Å²) in [6.07, 6.45) is 1.36. The zero-order valence-electron chi connectivity index (χ0n) is 11.6. The number of nitrogens with one attached hydrogen (secondary N) is 1. The van der Waals surface area contributed by atoms with E-state index in [1.165, 1.54) is 21.7 Å². The lowest BCUT2D eigenvalue weighted by Crippen LogP contribution is -2.38. The van der Waals surface area contributed by atoms with E-state index in [0.717, 1.165) is 6.42 Å². The minimum Gasteiger partial charge on any atom is -0.271 e. The summed E-state index contributed by atoms with van der Waals surface area (Å²) < 4.78 is 15.0. The molecule has 21 heavy (non-hydrogen) atoms. The number of fused-ring (bicyclic) bond motifs is 1. The molecule has 0 saturated carbocycles. The Hall–Kier alpha value is -1.75. The number of thiophene rings is 1. The number of benzene rings is 2. The first-order chi connectivity index (χ1) is 10.3. The lowest BCUT2D eigenvalue weighted by atomic mass is 9.99. The van der Waals surface area contributed by atoms with Crippen LogP contribution in [0.25, 0.3) is 10.1 Å². The van der Waals surface area contributed by atoms with E-state index in [0.29, 0.717) is 12.0 Å². The summed E-state index contributed by atoms with van der Waals surface area (Å²) in [5.41, 5.74) is 4.77. The van der Waals surface area contributed by atoms with E-state index in [9.17, 15) is 4.39 Å². The molecule has 3 N–H and O–H groups in total. The van der Waals surface area contributed by atoms with E-state index in [-0.39, 0.29) is 11.9 Å². The summed E-state index contributed by atoms with van der Waals surface area (Å²) in [6, 6.07) is 15.2. The van der Waals surface area contributed by atoms with Crippen LogP contribution in [0.3, 0.4) is 0 Å². The number of hydrogen-bond acceptors (Lipinski definition) is 3. The van der Waals surface area contributed by atoms with Gasteiger partial charge in [0.25, 0.3) is 0 Å². The molecule has 0 bridgehead atoms. The Morgan fingerprint density at radius 3 is 2.52 bits per heavy atom. The molecule has 0 amide bonds. The average molecular weight is 300 g/mol. The topological polar surface area (TPSA) is 38.0 Å². The fourth-order valence-electron chi connectivity index (χ4n) is 2.58. The summed E-state index contributed by atoms with van der Waals surface area (Å²) in [5, 5.41) is 3.42. The van der Waals surface area contributed by atoms with Crippen LogP contribution in [-0.2, 0) is 12.8 Å². The molecule has 1 aromatic heterocycles. The lowest BCUT2D eigenvalue weighted by molar-refractivity contribution is 0.508. The largest absolute Gasteiger partial charge is 0.271 e. The third-order valence-electron chi connectivity index (χ3n) is 3.69. The molecule has 1 unspecified atom stereocenters. The van der Waals surface area contributed by atoms with Crippen LogP contribution in [0.2, 0.25) is 0 Å². The molecule has 4 heteroatoms. The van der Waals surface area contributed by atoms with Gasteiger partial charge in [-0.15, -0.1) is 11.3 Å². The summed E-state index contributed by atoms with van der Waals surface area (Å²) in [5.74, 6) is 5.49. The predicted molar refractivity (Wildman–Crippen MR) is 86.7 cm³/mol. The fourth-order valence-corrected chi connectivity index (χ4v) is 3.55. The number of hydrazine groups is 1. The van der Waals surface area contributed by atoms with Gasteiger partial charge in [-0.25, -0.2) is 4.39 Å². The van der Waals surface area contributed by atoms with Gasteiger partial charge >= 0.3 is 0 Å².